The Kier molecular flexibility index (Phi) is 3.75. The quantitative estimate of drug-likeness (QED) is 0.785. The van der Waals surface area contributed by atoms with Crippen LogP contribution in [0.5, 0.6) is 0 Å². The molecule has 0 aliphatic carbocycles. The maximum atomic E-state index is 14.0. The molecular formula is C16H16FN3S. The van der Waals surface area contributed by atoms with Crippen LogP contribution in [0.4, 0.5) is 10.1 Å². The summed E-state index contributed by atoms with van der Waals surface area (Å²) >= 11 is 1.63. The fraction of sp³-hybridized carbons (Fsp3) is 0.188. The van der Waals surface area contributed by atoms with E-state index in [1.165, 1.54) is 6.07 Å². The van der Waals surface area contributed by atoms with Gasteiger partial charge in [0, 0.05) is 24.3 Å². The summed E-state index contributed by atoms with van der Waals surface area (Å²) in [6, 6.07) is 8.93. The number of imidazole rings is 1. The molecule has 0 amide bonds. The molecule has 0 radical (unpaired) electrons. The molecule has 1 N–H and O–H groups in total. The molecule has 3 rings (SSSR count). The van der Waals surface area contributed by atoms with Gasteiger partial charge in [-0.25, -0.2) is 9.37 Å². The van der Waals surface area contributed by atoms with Crippen LogP contribution in [-0.2, 0) is 7.05 Å². The van der Waals surface area contributed by atoms with Crippen molar-refractivity contribution in [3.05, 3.63) is 70.2 Å². The van der Waals surface area contributed by atoms with E-state index in [9.17, 15) is 4.39 Å². The van der Waals surface area contributed by atoms with Gasteiger partial charge in [0.25, 0.3) is 0 Å². The maximum Gasteiger partial charge on any atom is 0.146 e. The first-order valence-corrected chi connectivity index (χ1v) is 7.56. The summed E-state index contributed by atoms with van der Waals surface area (Å²) in [4.78, 5) is 5.51. The number of aromatic nitrogens is 2. The first-order valence-electron chi connectivity index (χ1n) is 6.68. The van der Waals surface area contributed by atoms with Gasteiger partial charge >= 0.3 is 0 Å². The third kappa shape index (κ3) is 2.83. The highest BCUT2D eigenvalue weighted by Crippen LogP contribution is 2.30. The molecule has 0 saturated heterocycles. The molecule has 108 valence electrons. The Labute approximate surface area is 127 Å². The lowest BCUT2D eigenvalue weighted by Gasteiger charge is -2.19. The number of benzene rings is 1. The summed E-state index contributed by atoms with van der Waals surface area (Å²) in [5, 5.41) is 5.30. The number of hydrogen-bond acceptors (Lipinski definition) is 3. The average Bonchev–Trinajstić information content (AvgIpc) is 3.11. The van der Waals surface area contributed by atoms with Crippen LogP contribution in [0.15, 0.2) is 48.1 Å². The summed E-state index contributed by atoms with van der Waals surface area (Å²) in [7, 11) is 1.94. The topological polar surface area (TPSA) is 29.9 Å². The standard InChI is InChI=1S/C16H16FN3S/c1-11-5-6-12(17)13(10-11)19-15(14-4-3-9-21-14)16-18-7-8-20(16)2/h3-10,15,19H,1-2H3. The number of rotatable bonds is 4. The van der Waals surface area contributed by atoms with Crippen LogP contribution >= 0.6 is 11.3 Å². The van der Waals surface area contributed by atoms with Crippen molar-refractivity contribution in [1.82, 2.24) is 9.55 Å². The average molecular weight is 301 g/mol. The first-order chi connectivity index (χ1) is 10.1. The predicted molar refractivity (Wildman–Crippen MR) is 84.1 cm³/mol. The van der Waals surface area contributed by atoms with Crippen molar-refractivity contribution in [3.8, 4) is 0 Å². The highest BCUT2D eigenvalue weighted by molar-refractivity contribution is 7.10. The molecule has 0 fully saturated rings. The lowest BCUT2D eigenvalue weighted by atomic mass is 10.1. The summed E-state index contributed by atoms with van der Waals surface area (Å²) in [6.45, 7) is 1.95. The summed E-state index contributed by atoms with van der Waals surface area (Å²) < 4.78 is 16.0. The predicted octanol–water partition coefficient (Wildman–Crippen LogP) is 4.13. The van der Waals surface area contributed by atoms with Gasteiger partial charge in [0.2, 0.25) is 0 Å². The minimum Gasteiger partial charge on any atom is -0.368 e. The molecule has 21 heavy (non-hydrogen) atoms. The van der Waals surface area contributed by atoms with Crippen LogP contribution in [0.3, 0.4) is 0 Å². The smallest absolute Gasteiger partial charge is 0.146 e. The van der Waals surface area contributed by atoms with E-state index in [4.69, 9.17) is 0 Å². The molecule has 0 spiro atoms. The van der Waals surface area contributed by atoms with Gasteiger partial charge in [-0.3, -0.25) is 0 Å². The highest BCUT2D eigenvalue weighted by atomic mass is 32.1. The van der Waals surface area contributed by atoms with Crippen LogP contribution in [0, 0.1) is 12.7 Å². The number of aryl methyl sites for hydroxylation is 2. The van der Waals surface area contributed by atoms with Crippen molar-refractivity contribution in [1.29, 1.82) is 0 Å². The van der Waals surface area contributed by atoms with Gasteiger partial charge in [-0.1, -0.05) is 12.1 Å². The van der Waals surface area contributed by atoms with E-state index in [1.54, 1.807) is 23.6 Å². The number of thiophene rings is 1. The molecule has 0 bridgehead atoms. The SMILES string of the molecule is Cc1ccc(F)c(NC(c2cccs2)c2nccn2C)c1. The zero-order valence-electron chi connectivity index (χ0n) is 11.9. The molecule has 2 heterocycles. The maximum absolute atomic E-state index is 14.0. The van der Waals surface area contributed by atoms with E-state index in [-0.39, 0.29) is 11.9 Å². The van der Waals surface area contributed by atoms with Crippen LogP contribution in [-0.4, -0.2) is 9.55 Å². The summed E-state index contributed by atoms with van der Waals surface area (Å²) in [5.74, 6) is 0.606. The van der Waals surface area contributed by atoms with Gasteiger partial charge in [-0.15, -0.1) is 11.3 Å². The Morgan fingerprint density at radius 1 is 1.33 bits per heavy atom. The van der Waals surface area contributed by atoms with Crippen molar-refractivity contribution >= 4 is 17.0 Å². The molecule has 5 heteroatoms. The van der Waals surface area contributed by atoms with E-state index in [2.05, 4.69) is 10.3 Å². The van der Waals surface area contributed by atoms with E-state index in [1.807, 2.05) is 48.3 Å². The number of hydrogen-bond donors (Lipinski definition) is 1. The van der Waals surface area contributed by atoms with Crippen LogP contribution < -0.4 is 5.32 Å². The van der Waals surface area contributed by atoms with Gasteiger partial charge in [0.1, 0.15) is 17.7 Å². The Bertz CT molecular complexity index is 734. The zero-order chi connectivity index (χ0) is 14.8. The Balaban J connectivity index is 2.01. The largest absolute Gasteiger partial charge is 0.368 e. The molecule has 0 aliphatic rings. The molecule has 3 nitrogen and oxygen atoms in total. The highest BCUT2D eigenvalue weighted by Gasteiger charge is 2.20. The Hall–Kier alpha value is -2.14. The van der Waals surface area contributed by atoms with Crippen molar-refractivity contribution in [3.63, 3.8) is 0 Å². The minimum absolute atomic E-state index is 0.165. The van der Waals surface area contributed by atoms with E-state index < -0.39 is 0 Å². The molecular weight excluding hydrogens is 285 g/mol. The van der Waals surface area contributed by atoms with Crippen molar-refractivity contribution in [2.24, 2.45) is 7.05 Å². The van der Waals surface area contributed by atoms with Gasteiger partial charge in [-0.05, 0) is 36.1 Å². The molecule has 3 aromatic rings. The van der Waals surface area contributed by atoms with E-state index in [0.717, 1.165) is 16.3 Å². The second-order valence-corrected chi connectivity index (χ2v) is 5.95. The van der Waals surface area contributed by atoms with Gasteiger partial charge in [0.15, 0.2) is 0 Å². The molecule has 2 aromatic heterocycles. The fourth-order valence-corrected chi connectivity index (χ4v) is 3.05. The van der Waals surface area contributed by atoms with Gasteiger partial charge < -0.3 is 9.88 Å². The summed E-state index contributed by atoms with van der Waals surface area (Å²) in [5.41, 5.74) is 1.51. The molecule has 0 aliphatic heterocycles. The van der Waals surface area contributed by atoms with Crippen molar-refractivity contribution < 1.29 is 4.39 Å². The van der Waals surface area contributed by atoms with Gasteiger partial charge in [-0.2, -0.15) is 0 Å². The monoisotopic (exact) mass is 301 g/mol. The third-order valence-corrected chi connectivity index (χ3v) is 4.30. The fourth-order valence-electron chi connectivity index (χ4n) is 2.28. The van der Waals surface area contributed by atoms with Gasteiger partial charge in [0.05, 0.1) is 5.69 Å². The number of halogens is 1. The zero-order valence-corrected chi connectivity index (χ0v) is 12.7. The molecule has 1 atom stereocenters. The van der Waals surface area contributed by atoms with Crippen LogP contribution in [0.2, 0.25) is 0 Å². The molecule has 1 aromatic carbocycles. The van der Waals surface area contributed by atoms with Crippen LogP contribution in [0.25, 0.3) is 0 Å². The normalized spacial score (nSPS) is 12.3. The third-order valence-electron chi connectivity index (χ3n) is 3.37. The lowest BCUT2D eigenvalue weighted by Crippen LogP contribution is -2.16. The van der Waals surface area contributed by atoms with Crippen LogP contribution in [0.1, 0.15) is 22.3 Å². The number of nitrogens with zero attached hydrogens (tertiary/aromatic N) is 2. The minimum atomic E-state index is -0.253. The van der Waals surface area contributed by atoms with E-state index in [0.29, 0.717) is 5.69 Å². The number of anilines is 1. The number of nitrogens with one attached hydrogen (secondary N) is 1. The lowest BCUT2D eigenvalue weighted by molar-refractivity contribution is 0.626. The Morgan fingerprint density at radius 3 is 2.86 bits per heavy atom. The second kappa shape index (κ2) is 5.69. The first kappa shape index (κ1) is 13.8. The van der Waals surface area contributed by atoms with Crippen molar-refractivity contribution in [2.45, 2.75) is 13.0 Å². The molecule has 0 saturated carbocycles. The van der Waals surface area contributed by atoms with Crippen molar-refractivity contribution in [2.75, 3.05) is 5.32 Å². The Morgan fingerprint density at radius 2 is 2.19 bits per heavy atom. The van der Waals surface area contributed by atoms with E-state index >= 15 is 0 Å². The molecule has 1 unspecified atom stereocenters. The second-order valence-electron chi connectivity index (χ2n) is 4.97. The summed E-state index contributed by atoms with van der Waals surface area (Å²) in [6.07, 6.45) is 3.65.